The van der Waals surface area contributed by atoms with E-state index in [-0.39, 0.29) is 36.5 Å². The number of halogens is 1. The van der Waals surface area contributed by atoms with E-state index in [1.807, 2.05) is 0 Å². The second-order valence-electron chi connectivity index (χ2n) is 11.0. The summed E-state index contributed by atoms with van der Waals surface area (Å²) in [6, 6.07) is 4.14. The molecule has 1 fully saturated rings. The highest BCUT2D eigenvalue weighted by atomic mass is 19.1. The molecule has 0 spiro atoms. The normalized spacial score (nSPS) is 16.7. The van der Waals surface area contributed by atoms with Gasteiger partial charge in [0.1, 0.15) is 23.7 Å². The van der Waals surface area contributed by atoms with Gasteiger partial charge in [0.2, 0.25) is 17.7 Å². The van der Waals surface area contributed by atoms with Crippen molar-refractivity contribution in [3.8, 4) is 0 Å². The number of nitrogens with zero attached hydrogens (tertiary/aromatic N) is 1. The number of rotatable bonds is 15. The molecule has 0 radical (unpaired) electrons. The molecule has 4 amide bonds. The topological polar surface area (TPSA) is 169 Å². The first-order valence-corrected chi connectivity index (χ1v) is 14.7. The number of benzene rings is 1. The maximum Gasteiger partial charge on any atom is 0.330 e. The summed E-state index contributed by atoms with van der Waals surface area (Å²) < 4.78 is 23.5. The van der Waals surface area contributed by atoms with Gasteiger partial charge in [-0.3, -0.25) is 19.2 Å². The third-order valence-corrected chi connectivity index (χ3v) is 7.15. The molecule has 13 heteroatoms. The zero-order chi connectivity index (χ0) is 32.2. The van der Waals surface area contributed by atoms with E-state index in [1.165, 1.54) is 42.5 Å². The van der Waals surface area contributed by atoms with Crippen LogP contribution in [0.4, 0.5) is 4.39 Å². The smallest absolute Gasteiger partial charge is 0.330 e. The predicted octanol–water partition coefficient (Wildman–Crippen LogP) is 2.12. The van der Waals surface area contributed by atoms with Gasteiger partial charge in [0.15, 0.2) is 5.69 Å². The van der Waals surface area contributed by atoms with Gasteiger partial charge in [0.05, 0.1) is 6.61 Å². The van der Waals surface area contributed by atoms with Gasteiger partial charge >= 0.3 is 5.97 Å². The van der Waals surface area contributed by atoms with Crippen molar-refractivity contribution in [3.05, 3.63) is 65.3 Å². The zero-order valence-corrected chi connectivity index (χ0v) is 25.4. The third-order valence-electron chi connectivity index (χ3n) is 7.15. The van der Waals surface area contributed by atoms with Gasteiger partial charge in [0, 0.05) is 37.1 Å². The number of amides is 4. The summed E-state index contributed by atoms with van der Waals surface area (Å²) in [4.78, 5) is 64.0. The maximum atomic E-state index is 13.7. The summed E-state index contributed by atoms with van der Waals surface area (Å²) in [7, 11) is 0. The lowest BCUT2D eigenvalue weighted by molar-refractivity contribution is -0.137. The summed E-state index contributed by atoms with van der Waals surface area (Å²) in [6.45, 7) is 7.54. The molecule has 0 unspecified atom stereocenters. The summed E-state index contributed by atoms with van der Waals surface area (Å²) in [5.74, 6) is -3.05. The zero-order valence-electron chi connectivity index (χ0n) is 25.4. The fraction of sp³-hybridized carbons (Fsp3) is 0.484. The number of esters is 1. The van der Waals surface area contributed by atoms with E-state index in [9.17, 15) is 28.4 Å². The predicted molar refractivity (Wildman–Crippen MR) is 157 cm³/mol. The van der Waals surface area contributed by atoms with Crippen LogP contribution in [0.2, 0.25) is 0 Å². The summed E-state index contributed by atoms with van der Waals surface area (Å²) in [5, 5.41) is 14.7. The van der Waals surface area contributed by atoms with Gasteiger partial charge in [-0.15, -0.1) is 0 Å². The summed E-state index contributed by atoms with van der Waals surface area (Å²) in [6.07, 6.45) is 4.20. The molecule has 4 N–H and O–H groups in total. The molecule has 0 bridgehead atoms. The SMILES string of the molecule is CCOC(=O)/C=C/[C@H](CC[C@@H]1CCNC1=O)NC(=O)[C@H](Cc1ccc(F)cc1)NC(=O)[C@@H](NC(=O)c1cc(C)on1)C(C)C. The average molecular weight is 614 g/mol. The van der Waals surface area contributed by atoms with E-state index in [0.717, 1.165) is 0 Å². The lowest BCUT2D eigenvalue weighted by Gasteiger charge is -2.26. The van der Waals surface area contributed by atoms with Crippen LogP contribution in [0.3, 0.4) is 0 Å². The van der Waals surface area contributed by atoms with Gasteiger partial charge in [-0.1, -0.05) is 37.2 Å². The molecule has 44 heavy (non-hydrogen) atoms. The number of hydrogen-bond acceptors (Lipinski definition) is 8. The van der Waals surface area contributed by atoms with E-state index >= 15 is 0 Å². The third kappa shape index (κ3) is 10.3. The fourth-order valence-electron chi connectivity index (χ4n) is 4.74. The van der Waals surface area contributed by atoms with Crippen LogP contribution in [0, 0.1) is 24.6 Å². The molecule has 1 saturated heterocycles. The number of carbonyl (C=O) groups excluding carboxylic acids is 5. The van der Waals surface area contributed by atoms with Crippen molar-refractivity contribution in [2.45, 2.75) is 71.5 Å². The minimum Gasteiger partial charge on any atom is -0.463 e. The van der Waals surface area contributed by atoms with Crippen LogP contribution in [0.25, 0.3) is 0 Å². The molecule has 3 rings (SSSR count). The first-order valence-electron chi connectivity index (χ1n) is 14.7. The highest BCUT2D eigenvalue weighted by Gasteiger charge is 2.31. The number of ether oxygens (including phenoxy) is 1. The standard InChI is InChI=1S/C31H40FN5O7/c1-5-43-26(38)13-12-23(11-8-21-14-15-33-28(21)39)34-29(40)24(17-20-6-9-22(32)10-7-20)35-31(42)27(18(2)3)36-30(41)25-16-19(4)44-37-25/h6-7,9-10,12-13,16,18,21,23-24,27H,5,8,11,14-15,17H2,1-4H3,(H,33,39)(H,34,40)(H,35,42)(H,36,41)/b13-12+/t21-,23+,24+,27+/m1/s1. The Kier molecular flexibility index (Phi) is 12.6. The molecule has 238 valence electrons. The number of nitrogens with one attached hydrogen (secondary N) is 4. The minimum absolute atomic E-state index is 0.00808. The Morgan fingerprint density at radius 1 is 1.14 bits per heavy atom. The molecule has 0 aliphatic carbocycles. The monoisotopic (exact) mass is 613 g/mol. The van der Waals surface area contributed by atoms with Crippen molar-refractivity contribution in [3.63, 3.8) is 0 Å². The average Bonchev–Trinajstić information content (AvgIpc) is 3.61. The van der Waals surface area contributed by atoms with E-state index < -0.39 is 47.6 Å². The molecular weight excluding hydrogens is 573 g/mol. The van der Waals surface area contributed by atoms with Crippen molar-refractivity contribution in [1.29, 1.82) is 0 Å². The number of carbonyl (C=O) groups is 5. The first-order chi connectivity index (χ1) is 21.0. The van der Waals surface area contributed by atoms with E-state index in [4.69, 9.17) is 9.26 Å². The van der Waals surface area contributed by atoms with Crippen LogP contribution in [0.15, 0.2) is 47.0 Å². The van der Waals surface area contributed by atoms with E-state index in [2.05, 4.69) is 26.4 Å². The van der Waals surface area contributed by atoms with Crippen LogP contribution in [-0.2, 0) is 30.3 Å². The van der Waals surface area contributed by atoms with Gasteiger partial charge in [-0.25, -0.2) is 9.18 Å². The van der Waals surface area contributed by atoms with Crippen LogP contribution in [0.5, 0.6) is 0 Å². The van der Waals surface area contributed by atoms with Crippen LogP contribution < -0.4 is 21.3 Å². The molecular formula is C31H40FN5O7. The van der Waals surface area contributed by atoms with Crippen LogP contribution >= 0.6 is 0 Å². The van der Waals surface area contributed by atoms with Crippen molar-refractivity contribution in [2.24, 2.45) is 11.8 Å². The van der Waals surface area contributed by atoms with Gasteiger partial charge in [0.25, 0.3) is 5.91 Å². The minimum atomic E-state index is -1.13. The fourth-order valence-corrected chi connectivity index (χ4v) is 4.74. The Balaban J connectivity index is 1.80. The molecule has 12 nitrogen and oxygen atoms in total. The highest BCUT2D eigenvalue weighted by molar-refractivity contribution is 5.97. The quantitative estimate of drug-likeness (QED) is 0.175. The highest BCUT2D eigenvalue weighted by Crippen LogP contribution is 2.18. The molecule has 1 aromatic carbocycles. The summed E-state index contributed by atoms with van der Waals surface area (Å²) >= 11 is 0. The molecule has 2 aromatic rings. The van der Waals surface area contributed by atoms with Gasteiger partial charge in [-0.2, -0.15) is 0 Å². The van der Waals surface area contributed by atoms with Crippen molar-refractivity contribution < 1.29 is 37.6 Å². The molecule has 1 aliphatic heterocycles. The summed E-state index contributed by atoms with van der Waals surface area (Å²) in [5.41, 5.74) is 0.588. The van der Waals surface area contributed by atoms with E-state index in [0.29, 0.717) is 37.1 Å². The van der Waals surface area contributed by atoms with Crippen molar-refractivity contribution >= 4 is 29.6 Å². The largest absolute Gasteiger partial charge is 0.463 e. The Labute approximate surface area is 255 Å². The Hall–Kier alpha value is -4.55. The number of hydrogen-bond donors (Lipinski definition) is 4. The van der Waals surface area contributed by atoms with Gasteiger partial charge < -0.3 is 30.5 Å². The van der Waals surface area contributed by atoms with E-state index in [1.54, 1.807) is 27.7 Å². The molecule has 4 atom stereocenters. The lowest BCUT2D eigenvalue weighted by Crippen LogP contribution is -2.56. The molecule has 2 heterocycles. The Bertz CT molecular complexity index is 1340. The number of aryl methyl sites for hydroxylation is 1. The van der Waals surface area contributed by atoms with Crippen LogP contribution in [-0.4, -0.2) is 66.0 Å². The number of aromatic nitrogens is 1. The molecule has 0 saturated carbocycles. The molecule has 1 aromatic heterocycles. The van der Waals surface area contributed by atoms with Gasteiger partial charge in [-0.05, 0) is 56.7 Å². The second-order valence-corrected chi connectivity index (χ2v) is 11.0. The van der Waals surface area contributed by atoms with Crippen molar-refractivity contribution in [2.75, 3.05) is 13.2 Å². The first kappa shape index (κ1) is 33.9. The molecule has 1 aliphatic rings. The van der Waals surface area contributed by atoms with Crippen LogP contribution in [0.1, 0.15) is 61.8 Å². The second kappa shape index (κ2) is 16.3. The Morgan fingerprint density at radius 3 is 2.45 bits per heavy atom. The Morgan fingerprint density at radius 2 is 1.86 bits per heavy atom. The lowest BCUT2D eigenvalue weighted by atomic mass is 9.97. The van der Waals surface area contributed by atoms with Crippen molar-refractivity contribution in [1.82, 2.24) is 26.4 Å². The maximum absolute atomic E-state index is 13.7.